The average Bonchev–Trinajstić information content (AvgIpc) is 2.89. The minimum absolute atomic E-state index is 0.157. The molecular weight excluding hydrogens is 467 g/mol. The molecule has 0 amide bonds. The smallest absolute Gasteiger partial charge is 0.165 e. The van der Waals surface area contributed by atoms with Crippen LogP contribution in [0.1, 0.15) is 36.5 Å². The number of aryl methyl sites for hydroxylation is 1. The summed E-state index contributed by atoms with van der Waals surface area (Å²) in [5, 5.41) is 9.88. The Labute approximate surface area is 220 Å². The first-order valence-electron chi connectivity index (χ1n) is 13.7. The van der Waals surface area contributed by atoms with Gasteiger partial charge in [0.1, 0.15) is 18.1 Å². The summed E-state index contributed by atoms with van der Waals surface area (Å²) in [5.74, 6) is 2.07. The minimum atomic E-state index is -0.294. The Hall–Kier alpha value is -2.83. The van der Waals surface area contributed by atoms with Gasteiger partial charge in [-0.1, -0.05) is 25.1 Å². The Morgan fingerprint density at radius 3 is 2.73 bits per heavy atom. The number of fused-ring (bicyclic) bond motifs is 1. The number of likely N-dealkylation sites (tertiary alicyclic amines) is 1. The highest BCUT2D eigenvalue weighted by atomic mass is 19.1. The molecule has 1 N–H and O–H groups in total. The van der Waals surface area contributed by atoms with Gasteiger partial charge in [0, 0.05) is 19.1 Å². The van der Waals surface area contributed by atoms with Crippen LogP contribution in [0, 0.1) is 17.7 Å². The van der Waals surface area contributed by atoms with Crippen molar-refractivity contribution in [3.63, 3.8) is 0 Å². The van der Waals surface area contributed by atoms with Crippen molar-refractivity contribution >= 4 is 0 Å². The first-order valence-corrected chi connectivity index (χ1v) is 13.7. The Morgan fingerprint density at radius 2 is 2.00 bits per heavy atom. The third kappa shape index (κ3) is 6.02. The van der Waals surface area contributed by atoms with Crippen LogP contribution in [-0.4, -0.2) is 60.8 Å². The molecule has 0 bridgehead atoms. The highest BCUT2D eigenvalue weighted by molar-refractivity contribution is 5.37. The predicted molar refractivity (Wildman–Crippen MR) is 144 cm³/mol. The van der Waals surface area contributed by atoms with Crippen LogP contribution < -0.4 is 4.74 Å². The molecule has 2 aromatic carbocycles. The maximum atomic E-state index is 14.9. The molecule has 1 fully saturated rings. The van der Waals surface area contributed by atoms with E-state index < -0.39 is 0 Å². The molecule has 6 heteroatoms. The molecule has 0 radical (unpaired) electrons. The zero-order valence-electron chi connectivity index (χ0n) is 22.0. The van der Waals surface area contributed by atoms with Crippen molar-refractivity contribution in [2.24, 2.45) is 11.8 Å². The number of phenols is 1. The first-order chi connectivity index (χ1) is 18.0. The van der Waals surface area contributed by atoms with Crippen LogP contribution in [0.15, 0.2) is 60.4 Å². The van der Waals surface area contributed by atoms with Gasteiger partial charge >= 0.3 is 0 Å². The molecule has 3 atom stereocenters. The summed E-state index contributed by atoms with van der Waals surface area (Å²) in [6, 6.07) is 11.3. The number of phenolic OH excluding ortho intramolecular Hbond substituents is 1. The molecular formula is C31H39FN2O3. The standard InChI is InChI=1S/C31H39FN2O3/c1-3-34(21-22-5-12-31(29(32)17-22)37-16-15-33-13-4-14-33)30-20-27(36-2)10-11-28(30)25-7-6-24-19-26(35)9-8-23(24)18-25/h5,8-12,17,19-20,25,28,30,35H,3-4,6-7,13-16,18,21H2,1-2H3/t25-,28?,30?/m1/s1. The molecule has 1 saturated heterocycles. The highest BCUT2D eigenvalue weighted by Gasteiger charge is 2.34. The fraction of sp³-hybridized carbons (Fsp3) is 0.484. The van der Waals surface area contributed by atoms with E-state index in [9.17, 15) is 9.50 Å². The zero-order valence-corrected chi connectivity index (χ0v) is 22.0. The second-order valence-electron chi connectivity index (χ2n) is 10.5. The molecule has 198 valence electrons. The van der Waals surface area contributed by atoms with Gasteiger partial charge in [-0.15, -0.1) is 0 Å². The molecule has 1 heterocycles. The van der Waals surface area contributed by atoms with Gasteiger partial charge in [-0.25, -0.2) is 4.39 Å². The van der Waals surface area contributed by atoms with Crippen LogP contribution in [-0.2, 0) is 24.1 Å². The zero-order chi connectivity index (χ0) is 25.8. The van der Waals surface area contributed by atoms with Gasteiger partial charge in [0.15, 0.2) is 11.6 Å². The van der Waals surface area contributed by atoms with Gasteiger partial charge in [-0.3, -0.25) is 9.80 Å². The summed E-state index contributed by atoms with van der Waals surface area (Å²) in [6.45, 7) is 7.26. The summed E-state index contributed by atoms with van der Waals surface area (Å²) in [6.07, 6.45) is 10.9. The number of nitrogens with zero attached hydrogens (tertiary/aromatic N) is 2. The summed E-state index contributed by atoms with van der Waals surface area (Å²) in [5.41, 5.74) is 3.54. The van der Waals surface area contributed by atoms with E-state index in [0.717, 1.165) is 56.8 Å². The number of methoxy groups -OCH3 is 1. The lowest BCUT2D eigenvalue weighted by atomic mass is 9.72. The third-order valence-corrected chi connectivity index (χ3v) is 8.27. The normalized spacial score (nSPS) is 23.4. The number of ether oxygens (including phenoxy) is 2. The quantitative estimate of drug-likeness (QED) is 0.472. The Morgan fingerprint density at radius 1 is 1.14 bits per heavy atom. The summed E-state index contributed by atoms with van der Waals surface area (Å²) in [4.78, 5) is 4.73. The number of halogens is 1. The SMILES string of the molecule is CCN(Cc1ccc(OCCN2CCC2)c(F)c1)C1C=C(OC)C=CC1[C@@H]1CCc2cc(O)ccc2C1. The molecule has 0 saturated carbocycles. The lowest BCUT2D eigenvalue weighted by molar-refractivity contribution is 0.144. The second-order valence-corrected chi connectivity index (χ2v) is 10.5. The van der Waals surface area contributed by atoms with Crippen LogP contribution >= 0.6 is 0 Å². The minimum Gasteiger partial charge on any atom is -0.508 e. The highest BCUT2D eigenvalue weighted by Crippen LogP contribution is 2.38. The van der Waals surface area contributed by atoms with E-state index in [1.165, 1.54) is 17.5 Å². The van der Waals surface area contributed by atoms with Gasteiger partial charge in [-0.2, -0.15) is 0 Å². The van der Waals surface area contributed by atoms with Crippen LogP contribution in [0.3, 0.4) is 0 Å². The Balaban J connectivity index is 1.29. The molecule has 2 unspecified atom stereocenters. The Kier molecular flexibility index (Phi) is 8.16. The molecule has 3 aliphatic rings. The molecule has 5 rings (SSSR count). The monoisotopic (exact) mass is 506 g/mol. The topological polar surface area (TPSA) is 45.2 Å². The molecule has 2 aliphatic carbocycles. The van der Waals surface area contributed by atoms with Gasteiger partial charge in [-0.05, 0) is 110 Å². The predicted octanol–water partition coefficient (Wildman–Crippen LogP) is 5.33. The number of rotatable bonds is 10. The van der Waals surface area contributed by atoms with Gasteiger partial charge in [0.05, 0.1) is 7.11 Å². The number of aromatic hydroxyl groups is 1. The van der Waals surface area contributed by atoms with E-state index in [1.54, 1.807) is 25.3 Å². The number of likely N-dealkylation sites (N-methyl/N-ethyl adjacent to an activating group) is 1. The van der Waals surface area contributed by atoms with Crippen LogP contribution in [0.2, 0.25) is 0 Å². The number of hydrogen-bond donors (Lipinski definition) is 1. The maximum Gasteiger partial charge on any atom is 0.165 e. The van der Waals surface area contributed by atoms with Crippen molar-refractivity contribution in [1.82, 2.24) is 9.80 Å². The van der Waals surface area contributed by atoms with Crippen molar-refractivity contribution in [2.75, 3.05) is 39.9 Å². The average molecular weight is 507 g/mol. The largest absolute Gasteiger partial charge is 0.508 e. The van der Waals surface area contributed by atoms with E-state index >= 15 is 0 Å². The molecule has 2 aromatic rings. The van der Waals surface area contributed by atoms with Crippen LogP contribution in [0.4, 0.5) is 4.39 Å². The van der Waals surface area contributed by atoms with E-state index in [-0.39, 0.29) is 11.9 Å². The molecule has 0 spiro atoms. The lowest BCUT2D eigenvalue weighted by Gasteiger charge is -2.41. The molecule has 5 nitrogen and oxygen atoms in total. The van der Waals surface area contributed by atoms with E-state index in [0.29, 0.717) is 36.5 Å². The van der Waals surface area contributed by atoms with Gasteiger partial charge in [0.2, 0.25) is 0 Å². The van der Waals surface area contributed by atoms with E-state index in [2.05, 4.69) is 41.0 Å². The summed E-state index contributed by atoms with van der Waals surface area (Å²) in [7, 11) is 1.71. The van der Waals surface area contributed by atoms with Crippen molar-refractivity contribution in [1.29, 1.82) is 0 Å². The van der Waals surface area contributed by atoms with Crippen molar-refractivity contribution in [3.05, 3.63) is 82.9 Å². The van der Waals surface area contributed by atoms with E-state index in [4.69, 9.17) is 9.47 Å². The summed E-state index contributed by atoms with van der Waals surface area (Å²) < 4.78 is 26.2. The van der Waals surface area contributed by atoms with Crippen molar-refractivity contribution < 1.29 is 19.0 Å². The Bertz CT molecular complexity index is 1140. The fourth-order valence-electron chi connectivity index (χ4n) is 5.99. The van der Waals surface area contributed by atoms with Crippen molar-refractivity contribution in [3.8, 4) is 11.5 Å². The molecule has 1 aliphatic heterocycles. The van der Waals surface area contributed by atoms with Crippen molar-refractivity contribution in [2.45, 2.75) is 45.2 Å². The fourth-order valence-corrected chi connectivity index (χ4v) is 5.99. The summed E-state index contributed by atoms with van der Waals surface area (Å²) >= 11 is 0. The third-order valence-electron chi connectivity index (χ3n) is 8.27. The van der Waals surface area contributed by atoms with Gasteiger partial charge < -0.3 is 14.6 Å². The lowest BCUT2D eigenvalue weighted by Crippen LogP contribution is -2.43. The molecule has 37 heavy (non-hydrogen) atoms. The first kappa shape index (κ1) is 25.8. The number of benzene rings is 2. The second kappa shape index (κ2) is 11.7. The number of allylic oxidation sites excluding steroid dienone is 1. The van der Waals surface area contributed by atoms with Crippen LogP contribution in [0.25, 0.3) is 0 Å². The molecule has 0 aromatic heterocycles. The van der Waals surface area contributed by atoms with E-state index in [1.807, 2.05) is 12.1 Å². The number of hydrogen-bond acceptors (Lipinski definition) is 5. The van der Waals surface area contributed by atoms with Gasteiger partial charge in [0.25, 0.3) is 0 Å². The van der Waals surface area contributed by atoms with Crippen LogP contribution in [0.5, 0.6) is 11.5 Å². The maximum absolute atomic E-state index is 14.9.